The standard InChI is InChI=1S/C14H18BrNO2S/c1-7(10-4-5-11(15)19-10)16-13-9-3-2-8(6-9)12(13)14(17)18/h4-5,7-9,12-13,16H,2-3,6H2,1H3,(H,17,18). The summed E-state index contributed by atoms with van der Waals surface area (Å²) in [6.45, 7) is 2.13. The predicted octanol–water partition coefficient (Wildman–Crippen LogP) is 3.66. The second kappa shape index (κ2) is 5.19. The van der Waals surface area contributed by atoms with Crippen LogP contribution in [0.15, 0.2) is 15.9 Å². The fraction of sp³-hybridized carbons (Fsp3) is 0.643. The van der Waals surface area contributed by atoms with Crippen molar-refractivity contribution in [3.8, 4) is 0 Å². The average Bonchev–Trinajstić information content (AvgIpc) is 3.03. The summed E-state index contributed by atoms with van der Waals surface area (Å²) >= 11 is 5.19. The van der Waals surface area contributed by atoms with Gasteiger partial charge in [-0.05, 0) is 66.1 Å². The number of nitrogens with one attached hydrogen (secondary N) is 1. The Kier molecular flexibility index (Phi) is 3.71. The maximum atomic E-state index is 11.5. The Morgan fingerprint density at radius 1 is 1.47 bits per heavy atom. The lowest BCUT2D eigenvalue weighted by atomic mass is 9.84. The van der Waals surface area contributed by atoms with Crippen LogP contribution in [0.2, 0.25) is 0 Å². The number of fused-ring (bicyclic) bond motifs is 2. The molecule has 2 saturated carbocycles. The molecule has 3 rings (SSSR count). The molecule has 2 aliphatic rings. The summed E-state index contributed by atoms with van der Waals surface area (Å²) in [6, 6.07) is 4.53. The highest BCUT2D eigenvalue weighted by atomic mass is 79.9. The van der Waals surface area contributed by atoms with Crippen molar-refractivity contribution in [3.63, 3.8) is 0 Å². The summed E-state index contributed by atoms with van der Waals surface area (Å²) in [5.74, 6) is 0.132. The summed E-state index contributed by atoms with van der Waals surface area (Å²) in [6.07, 6.45) is 3.38. The molecule has 5 atom stereocenters. The van der Waals surface area contributed by atoms with E-state index in [1.165, 1.54) is 11.3 Å². The van der Waals surface area contributed by atoms with Gasteiger partial charge < -0.3 is 10.4 Å². The molecule has 0 aliphatic heterocycles. The zero-order valence-electron chi connectivity index (χ0n) is 10.8. The summed E-state index contributed by atoms with van der Waals surface area (Å²) in [4.78, 5) is 12.7. The third-order valence-electron chi connectivity index (χ3n) is 4.66. The zero-order chi connectivity index (χ0) is 13.6. The lowest BCUT2D eigenvalue weighted by Gasteiger charge is -2.31. The third kappa shape index (κ3) is 2.48. The minimum atomic E-state index is -0.621. The largest absolute Gasteiger partial charge is 0.481 e. The smallest absolute Gasteiger partial charge is 0.308 e. The molecule has 0 amide bonds. The van der Waals surface area contributed by atoms with Crippen LogP contribution in [-0.2, 0) is 4.79 Å². The summed E-state index contributed by atoms with van der Waals surface area (Å²) in [7, 11) is 0. The molecule has 1 aromatic rings. The van der Waals surface area contributed by atoms with E-state index in [1.54, 1.807) is 11.3 Å². The fourth-order valence-electron chi connectivity index (χ4n) is 3.82. The second-order valence-corrected chi connectivity index (χ2v) is 8.25. The summed E-state index contributed by atoms with van der Waals surface area (Å²) < 4.78 is 1.12. The van der Waals surface area contributed by atoms with E-state index in [1.807, 2.05) is 6.07 Å². The summed E-state index contributed by atoms with van der Waals surface area (Å²) in [5.41, 5.74) is 0. The highest BCUT2D eigenvalue weighted by Crippen LogP contribution is 2.49. The van der Waals surface area contributed by atoms with Gasteiger partial charge in [-0.3, -0.25) is 4.79 Å². The Hall–Kier alpha value is -0.390. The van der Waals surface area contributed by atoms with Gasteiger partial charge in [0.1, 0.15) is 0 Å². The number of carbonyl (C=O) groups is 1. The van der Waals surface area contributed by atoms with E-state index in [-0.39, 0.29) is 18.0 Å². The van der Waals surface area contributed by atoms with Crippen LogP contribution in [0.1, 0.15) is 37.1 Å². The van der Waals surface area contributed by atoms with Gasteiger partial charge in [-0.15, -0.1) is 11.3 Å². The summed E-state index contributed by atoms with van der Waals surface area (Å²) in [5, 5.41) is 13.0. The first kappa shape index (κ1) is 13.6. The van der Waals surface area contributed by atoms with Crippen molar-refractivity contribution >= 4 is 33.2 Å². The third-order valence-corrected chi connectivity index (χ3v) is 6.47. The molecule has 0 aromatic carbocycles. The molecular formula is C14H18BrNO2S. The van der Waals surface area contributed by atoms with Gasteiger partial charge in [0.15, 0.2) is 0 Å². The Balaban J connectivity index is 1.73. The van der Waals surface area contributed by atoms with Gasteiger partial charge in [0.05, 0.1) is 9.70 Å². The topological polar surface area (TPSA) is 49.3 Å². The van der Waals surface area contributed by atoms with Crippen LogP contribution in [0.3, 0.4) is 0 Å². The molecule has 2 aliphatic carbocycles. The van der Waals surface area contributed by atoms with Crippen LogP contribution in [0, 0.1) is 17.8 Å². The van der Waals surface area contributed by atoms with Gasteiger partial charge >= 0.3 is 5.97 Å². The molecule has 0 radical (unpaired) electrons. The number of rotatable bonds is 4. The number of carboxylic acid groups (broad SMARTS) is 1. The molecule has 104 valence electrons. The van der Waals surface area contributed by atoms with Crippen molar-refractivity contribution in [3.05, 3.63) is 20.8 Å². The molecular weight excluding hydrogens is 326 g/mol. The quantitative estimate of drug-likeness (QED) is 0.876. The molecule has 19 heavy (non-hydrogen) atoms. The zero-order valence-corrected chi connectivity index (χ0v) is 13.2. The molecule has 0 saturated heterocycles. The van der Waals surface area contributed by atoms with E-state index in [0.29, 0.717) is 11.8 Å². The molecule has 1 aromatic heterocycles. The molecule has 2 fully saturated rings. The van der Waals surface area contributed by atoms with Crippen molar-refractivity contribution in [1.29, 1.82) is 0 Å². The molecule has 5 heteroatoms. The van der Waals surface area contributed by atoms with Crippen molar-refractivity contribution in [2.75, 3.05) is 0 Å². The van der Waals surface area contributed by atoms with Crippen LogP contribution >= 0.6 is 27.3 Å². The van der Waals surface area contributed by atoms with E-state index in [9.17, 15) is 9.90 Å². The Morgan fingerprint density at radius 3 is 2.84 bits per heavy atom. The SMILES string of the molecule is CC(NC1C2CCC(C2)C1C(=O)O)c1ccc(Br)s1. The molecule has 1 heterocycles. The Labute approximate surface area is 125 Å². The second-order valence-electron chi connectivity index (χ2n) is 5.75. The molecule has 5 unspecified atom stereocenters. The van der Waals surface area contributed by atoms with Gasteiger partial charge in [-0.25, -0.2) is 0 Å². The maximum Gasteiger partial charge on any atom is 0.308 e. The normalized spacial score (nSPS) is 34.6. The van der Waals surface area contributed by atoms with Gasteiger partial charge in [-0.1, -0.05) is 0 Å². The van der Waals surface area contributed by atoms with Crippen molar-refractivity contribution in [2.24, 2.45) is 17.8 Å². The number of halogens is 1. The van der Waals surface area contributed by atoms with E-state index in [0.717, 1.165) is 16.6 Å². The molecule has 2 bridgehead atoms. The molecule has 0 spiro atoms. The van der Waals surface area contributed by atoms with Crippen molar-refractivity contribution < 1.29 is 9.90 Å². The highest BCUT2D eigenvalue weighted by Gasteiger charge is 2.51. The first-order valence-corrected chi connectivity index (χ1v) is 8.41. The van der Waals surface area contributed by atoms with Gasteiger partial charge in [0, 0.05) is 17.0 Å². The monoisotopic (exact) mass is 343 g/mol. The lowest BCUT2D eigenvalue weighted by Crippen LogP contribution is -2.45. The van der Waals surface area contributed by atoms with E-state index >= 15 is 0 Å². The number of hydrogen-bond acceptors (Lipinski definition) is 3. The molecule has 2 N–H and O–H groups in total. The number of hydrogen-bond donors (Lipinski definition) is 2. The lowest BCUT2D eigenvalue weighted by molar-refractivity contribution is -0.144. The van der Waals surface area contributed by atoms with Gasteiger partial charge in [0.25, 0.3) is 0 Å². The van der Waals surface area contributed by atoms with Crippen LogP contribution in [-0.4, -0.2) is 17.1 Å². The van der Waals surface area contributed by atoms with Crippen LogP contribution in [0.5, 0.6) is 0 Å². The minimum Gasteiger partial charge on any atom is -0.481 e. The van der Waals surface area contributed by atoms with Gasteiger partial charge in [-0.2, -0.15) is 0 Å². The minimum absolute atomic E-state index is 0.145. The Morgan fingerprint density at radius 2 is 2.21 bits per heavy atom. The molecule has 3 nitrogen and oxygen atoms in total. The number of thiophene rings is 1. The van der Waals surface area contributed by atoms with Crippen LogP contribution in [0.25, 0.3) is 0 Å². The maximum absolute atomic E-state index is 11.5. The fourth-order valence-corrected chi connectivity index (χ4v) is 5.25. The predicted molar refractivity (Wildman–Crippen MR) is 79.3 cm³/mol. The average molecular weight is 344 g/mol. The Bertz CT molecular complexity index is 490. The first-order chi connectivity index (χ1) is 9.06. The van der Waals surface area contributed by atoms with Crippen LogP contribution < -0.4 is 5.32 Å². The highest BCUT2D eigenvalue weighted by molar-refractivity contribution is 9.11. The van der Waals surface area contributed by atoms with Crippen molar-refractivity contribution in [1.82, 2.24) is 5.32 Å². The first-order valence-electron chi connectivity index (χ1n) is 6.80. The van der Waals surface area contributed by atoms with E-state index < -0.39 is 5.97 Å². The van der Waals surface area contributed by atoms with Gasteiger partial charge in [0.2, 0.25) is 0 Å². The van der Waals surface area contributed by atoms with Crippen molar-refractivity contribution in [2.45, 2.75) is 38.3 Å². The van der Waals surface area contributed by atoms with E-state index in [4.69, 9.17) is 0 Å². The van der Waals surface area contributed by atoms with E-state index in [2.05, 4.69) is 34.2 Å². The number of carboxylic acids is 1. The van der Waals surface area contributed by atoms with Crippen LogP contribution in [0.4, 0.5) is 0 Å². The number of aliphatic carboxylic acids is 1.